The molecule has 0 saturated heterocycles. The number of hydrogen-bond acceptors (Lipinski definition) is 5. The zero-order valence-corrected chi connectivity index (χ0v) is 12.5. The van der Waals surface area contributed by atoms with Crippen LogP contribution in [0.4, 0.5) is 11.5 Å². The van der Waals surface area contributed by atoms with Crippen LogP contribution >= 0.6 is 0 Å². The number of nitrogens with one attached hydrogen (secondary N) is 2. The van der Waals surface area contributed by atoms with E-state index < -0.39 is 0 Å². The highest BCUT2D eigenvalue weighted by molar-refractivity contribution is 5.95. The van der Waals surface area contributed by atoms with Crippen LogP contribution in [0.15, 0.2) is 48.3 Å². The molecule has 0 atom stereocenters. The van der Waals surface area contributed by atoms with Crippen molar-refractivity contribution < 1.29 is 5.41 Å². The second-order valence-electron chi connectivity index (χ2n) is 5.08. The first-order chi connectivity index (χ1) is 11.2. The maximum atomic E-state index is 5.92. The lowest BCUT2D eigenvalue weighted by Gasteiger charge is -2.11. The van der Waals surface area contributed by atoms with Gasteiger partial charge < -0.3 is 16.8 Å². The molecule has 0 radical (unpaired) electrons. The number of rotatable bonds is 5. The smallest absolute Gasteiger partial charge is 0.161 e. The van der Waals surface area contributed by atoms with Crippen LogP contribution in [0.5, 0.6) is 0 Å². The molecule has 0 aliphatic heterocycles. The fraction of sp³-hybridized carbons (Fsp3) is 0.0625. The number of benzene rings is 1. The summed E-state index contributed by atoms with van der Waals surface area (Å²) in [6.45, 7) is 0.467. The Morgan fingerprint density at radius 2 is 2.17 bits per heavy atom. The second-order valence-corrected chi connectivity index (χ2v) is 5.08. The van der Waals surface area contributed by atoms with E-state index in [0.29, 0.717) is 18.1 Å². The number of aromatic nitrogens is 3. The molecule has 0 aliphatic carbocycles. The van der Waals surface area contributed by atoms with Gasteiger partial charge in [0.05, 0.1) is 17.8 Å². The van der Waals surface area contributed by atoms with Crippen molar-refractivity contribution >= 4 is 28.6 Å². The summed E-state index contributed by atoms with van der Waals surface area (Å²) in [5.41, 5.74) is 16.0. The molecule has 0 spiro atoms. The van der Waals surface area contributed by atoms with Crippen molar-refractivity contribution in [1.29, 1.82) is 0 Å². The fourth-order valence-corrected chi connectivity index (χ4v) is 2.36. The number of nitrogens with zero attached hydrogens (tertiary/aromatic N) is 2. The predicted octanol–water partition coefficient (Wildman–Crippen LogP) is 0.292. The van der Waals surface area contributed by atoms with Gasteiger partial charge in [-0.05, 0) is 12.1 Å². The standard InChI is InChI=1S/C16H17N7/c17-5-3-11(18)9-20-14-8-16(19)22-15-7-10(1-2-12(14)15)13-4-6-21-23-13/h1-8,17H,9,18H2,(H,21,23)(H3,19,20,22)/p+1. The molecule has 1 aromatic carbocycles. The normalized spacial score (nSPS) is 11.6. The summed E-state index contributed by atoms with van der Waals surface area (Å²) in [5.74, 6) is 0.440. The first kappa shape index (κ1) is 14.6. The van der Waals surface area contributed by atoms with Gasteiger partial charge in [-0.2, -0.15) is 5.10 Å². The molecule has 116 valence electrons. The Morgan fingerprint density at radius 1 is 1.30 bits per heavy atom. The largest absolute Gasteiger partial charge is 0.400 e. The summed E-state index contributed by atoms with van der Waals surface area (Å²) in [6, 6.07) is 9.66. The van der Waals surface area contributed by atoms with E-state index in [0.717, 1.165) is 27.8 Å². The van der Waals surface area contributed by atoms with Crippen molar-refractivity contribution in [3.05, 3.63) is 48.3 Å². The quantitative estimate of drug-likeness (QED) is 0.432. The third kappa shape index (κ3) is 3.13. The van der Waals surface area contributed by atoms with Gasteiger partial charge in [-0.3, -0.25) is 10.5 Å². The number of aromatic amines is 1. The van der Waals surface area contributed by atoms with Crippen molar-refractivity contribution in [2.24, 2.45) is 5.73 Å². The van der Waals surface area contributed by atoms with Gasteiger partial charge in [0.2, 0.25) is 0 Å². The summed E-state index contributed by atoms with van der Waals surface area (Å²) < 4.78 is 0. The monoisotopic (exact) mass is 308 g/mol. The molecule has 7 nitrogen and oxygen atoms in total. The van der Waals surface area contributed by atoms with Crippen LogP contribution in [-0.2, 0) is 0 Å². The van der Waals surface area contributed by atoms with E-state index in [1.165, 1.54) is 6.21 Å². The second kappa shape index (κ2) is 6.18. The number of allylic oxidation sites excluding steroid dienone is 1. The van der Waals surface area contributed by atoms with Gasteiger partial charge in [0.1, 0.15) is 5.82 Å². The molecule has 0 aliphatic rings. The van der Waals surface area contributed by atoms with Gasteiger partial charge >= 0.3 is 0 Å². The molecule has 8 N–H and O–H groups in total. The fourth-order valence-electron chi connectivity index (χ4n) is 2.36. The summed E-state index contributed by atoms with van der Waals surface area (Å²) in [4.78, 5) is 4.40. The van der Waals surface area contributed by atoms with Crippen molar-refractivity contribution in [3.63, 3.8) is 0 Å². The maximum absolute atomic E-state index is 5.92. The van der Waals surface area contributed by atoms with E-state index in [1.807, 2.05) is 24.3 Å². The molecule has 3 rings (SSSR count). The zero-order valence-electron chi connectivity index (χ0n) is 12.5. The van der Waals surface area contributed by atoms with Crippen LogP contribution in [0, 0.1) is 0 Å². The summed E-state index contributed by atoms with van der Waals surface area (Å²) in [7, 11) is 0. The van der Waals surface area contributed by atoms with E-state index in [4.69, 9.17) is 16.9 Å². The SMILES string of the molecule is NC(=CC=[NH2+])CNc1cc(N)nc2cc(-c3ccn[nH]3)ccc12. The van der Waals surface area contributed by atoms with E-state index in [1.54, 1.807) is 18.3 Å². The molecule has 3 aromatic rings. The Morgan fingerprint density at radius 3 is 2.91 bits per heavy atom. The minimum atomic E-state index is 0.440. The van der Waals surface area contributed by atoms with Crippen molar-refractivity contribution in [3.8, 4) is 11.3 Å². The molecular formula is C16H18N7+. The highest BCUT2D eigenvalue weighted by atomic mass is 15.1. The van der Waals surface area contributed by atoms with Gasteiger partial charge in [0.15, 0.2) is 6.21 Å². The number of nitrogen functional groups attached to an aromatic ring is 1. The van der Waals surface area contributed by atoms with Crippen LogP contribution in [0.1, 0.15) is 0 Å². The lowest BCUT2D eigenvalue weighted by atomic mass is 10.1. The Kier molecular flexibility index (Phi) is 3.92. The number of pyridine rings is 1. The van der Waals surface area contributed by atoms with Crippen molar-refractivity contribution in [1.82, 2.24) is 15.2 Å². The lowest BCUT2D eigenvalue weighted by Crippen LogP contribution is -2.29. The summed E-state index contributed by atoms with van der Waals surface area (Å²) >= 11 is 0. The van der Waals surface area contributed by atoms with Crippen LogP contribution in [-0.4, -0.2) is 27.9 Å². The van der Waals surface area contributed by atoms with Gasteiger partial charge in [-0.15, -0.1) is 0 Å². The minimum Gasteiger partial charge on any atom is -0.400 e. The van der Waals surface area contributed by atoms with Gasteiger partial charge in [-0.25, -0.2) is 4.98 Å². The number of nitrogens with two attached hydrogens (primary N) is 3. The van der Waals surface area contributed by atoms with E-state index >= 15 is 0 Å². The first-order valence-electron chi connectivity index (χ1n) is 7.11. The molecule has 0 unspecified atom stereocenters. The van der Waals surface area contributed by atoms with E-state index in [9.17, 15) is 0 Å². The average molecular weight is 308 g/mol. The molecule has 0 saturated carbocycles. The number of anilines is 2. The zero-order chi connectivity index (χ0) is 16.2. The molecule has 7 heteroatoms. The topological polar surface area (TPSA) is 131 Å². The third-order valence-corrected chi connectivity index (χ3v) is 3.43. The molecule has 2 heterocycles. The maximum Gasteiger partial charge on any atom is 0.161 e. The summed E-state index contributed by atoms with van der Waals surface area (Å²) in [6.07, 6.45) is 4.77. The van der Waals surface area contributed by atoms with Crippen LogP contribution in [0.25, 0.3) is 22.2 Å². The molecular weight excluding hydrogens is 290 g/mol. The van der Waals surface area contributed by atoms with Gasteiger partial charge in [-0.1, -0.05) is 12.1 Å². The lowest BCUT2D eigenvalue weighted by molar-refractivity contribution is -0.104. The highest BCUT2D eigenvalue weighted by Gasteiger charge is 2.07. The molecule has 0 amide bonds. The minimum absolute atomic E-state index is 0.440. The third-order valence-electron chi connectivity index (χ3n) is 3.43. The van der Waals surface area contributed by atoms with Crippen molar-refractivity contribution in [2.75, 3.05) is 17.6 Å². The van der Waals surface area contributed by atoms with Gasteiger partial charge in [0.25, 0.3) is 0 Å². The summed E-state index contributed by atoms with van der Waals surface area (Å²) in [5, 5.41) is 16.5. The van der Waals surface area contributed by atoms with E-state index in [-0.39, 0.29) is 0 Å². The number of fused-ring (bicyclic) bond motifs is 1. The Bertz CT molecular complexity index is 866. The van der Waals surface area contributed by atoms with Crippen LogP contribution in [0.3, 0.4) is 0 Å². The molecule has 0 fully saturated rings. The van der Waals surface area contributed by atoms with Crippen molar-refractivity contribution in [2.45, 2.75) is 0 Å². The first-order valence-corrected chi connectivity index (χ1v) is 7.11. The predicted molar refractivity (Wildman–Crippen MR) is 92.5 cm³/mol. The highest BCUT2D eigenvalue weighted by Crippen LogP contribution is 2.28. The van der Waals surface area contributed by atoms with Crippen LogP contribution in [0.2, 0.25) is 0 Å². The molecule has 23 heavy (non-hydrogen) atoms. The number of hydrogen-bond donors (Lipinski definition) is 5. The van der Waals surface area contributed by atoms with E-state index in [2.05, 4.69) is 20.5 Å². The Hall–Kier alpha value is -3.35. The molecule has 0 bridgehead atoms. The average Bonchev–Trinajstić information content (AvgIpc) is 3.06. The molecule has 2 aromatic heterocycles. The van der Waals surface area contributed by atoms with Crippen LogP contribution < -0.4 is 22.2 Å². The number of H-pyrrole nitrogens is 1. The Labute approximate surface area is 132 Å². The van der Waals surface area contributed by atoms with Gasteiger partial charge in [0, 0.05) is 40.7 Å². The Balaban J connectivity index is 1.99.